The molecule has 0 spiro atoms. The van der Waals surface area contributed by atoms with E-state index in [4.69, 9.17) is 9.84 Å². The van der Waals surface area contributed by atoms with Crippen LogP contribution in [0, 0.1) is 23.7 Å². The monoisotopic (exact) mass is 419 g/mol. The summed E-state index contributed by atoms with van der Waals surface area (Å²) in [5, 5.41) is 18.4. The van der Waals surface area contributed by atoms with Crippen molar-refractivity contribution in [3.8, 4) is 23.7 Å². The van der Waals surface area contributed by atoms with Gasteiger partial charge in [0.05, 0.1) is 18.1 Å². The quantitative estimate of drug-likeness (QED) is 0.473. The first-order valence-corrected chi connectivity index (χ1v) is 10.5. The molecule has 154 valence electrons. The second-order valence-electron chi connectivity index (χ2n) is 6.44. The lowest BCUT2D eigenvalue weighted by molar-refractivity contribution is -0.147. The summed E-state index contributed by atoms with van der Waals surface area (Å²) in [6, 6.07) is 4.71. The van der Waals surface area contributed by atoms with Crippen molar-refractivity contribution in [2.24, 2.45) is 0 Å². The summed E-state index contributed by atoms with van der Waals surface area (Å²) in [7, 11) is -2.22. The van der Waals surface area contributed by atoms with Gasteiger partial charge in [0.15, 0.2) is 15.9 Å². The Bertz CT molecular complexity index is 980. The molecule has 2 rings (SSSR count). The number of aliphatic carboxylic acids is 1. The molecule has 1 aromatic rings. The van der Waals surface area contributed by atoms with Crippen molar-refractivity contribution in [3.05, 3.63) is 29.8 Å². The molecule has 9 heteroatoms. The lowest BCUT2D eigenvalue weighted by Gasteiger charge is -2.38. The second kappa shape index (κ2) is 9.57. The van der Waals surface area contributed by atoms with Gasteiger partial charge in [0.25, 0.3) is 0 Å². The smallest absolute Gasteiger partial charge is 0.329 e. The summed E-state index contributed by atoms with van der Waals surface area (Å²) in [5.41, 5.74) is -0.675. The number of anilines is 1. The predicted molar refractivity (Wildman–Crippen MR) is 106 cm³/mol. The molecule has 1 aliphatic rings. The maximum Gasteiger partial charge on any atom is 0.329 e. The number of aliphatic hydroxyl groups is 1. The van der Waals surface area contributed by atoms with Crippen LogP contribution in [0.2, 0.25) is 0 Å². The van der Waals surface area contributed by atoms with Gasteiger partial charge >= 0.3 is 5.97 Å². The number of amides is 1. The van der Waals surface area contributed by atoms with Gasteiger partial charge in [-0.15, -0.1) is 0 Å². The van der Waals surface area contributed by atoms with E-state index in [9.17, 15) is 23.1 Å². The molecule has 1 aromatic carbocycles. The second-order valence-corrected chi connectivity index (χ2v) is 8.62. The van der Waals surface area contributed by atoms with E-state index in [0.717, 1.165) is 4.90 Å². The molecule has 1 amide bonds. The number of hydrogen-bond donors (Lipinski definition) is 2. The highest BCUT2D eigenvalue weighted by Crippen LogP contribution is 2.34. The van der Waals surface area contributed by atoms with Crippen molar-refractivity contribution in [2.75, 3.05) is 30.1 Å². The third kappa shape index (κ3) is 5.36. The number of carboxylic acid groups (broad SMARTS) is 1. The van der Waals surface area contributed by atoms with Crippen LogP contribution in [0.25, 0.3) is 0 Å². The van der Waals surface area contributed by atoms with Crippen LogP contribution in [0.1, 0.15) is 18.4 Å². The average Bonchev–Trinajstić information content (AvgIpc) is 3.01. The molecule has 2 N–H and O–H groups in total. The Labute approximate surface area is 169 Å². The first-order chi connectivity index (χ1) is 13.8. The maximum absolute atomic E-state index is 12.0. The van der Waals surface area contributed by atoms with Gasteiger partial charge in [-0.1, -0.05) is 11.8 Å². The normalized spacial score (nSPS) is 20.5. The number of sulfone groups is 1. The molecule has 1 saturated heterocycles. The van der Waals surface area contributed by atoms with Gasteiger partial charge < -0.3 is 14.9 Å². The van der Waals surface area contributed by atoms with Crippen LogP contribution >= 0.6 is 0 Å². The third-order valence-electron chi connectivity index (χ3n) is 4.59. The maximum atomic E-state index is 12.0. The van der Waals surface area contributed by atoms with Crippen LogP contribution < -0.4 is 4.90 Å². The Morgan fingerprint density at radius 3 is 2.52 bits per heavy atom. The minimum Gasteiger partial charge on any atom is -0.480 e. The van der Waals surface area contributed by atoms with Crippen molar-refractivity contribution in [3.63, 3.8) is 0 Å². The number of benzene rings is 1. The van der Waals surface area contributed by atoms with Crippen molar-refractivity contribution >= 4 is 27.9 Å². The molecule has 0 aliphatic carbocycles. The fourth-order valence-corrected chi connectivity index (χ4v) is 5.15. The number of hydrogen-bond acceptors (Lipinski definition) is 6. The SMILES string of the molecule is CO[C@@]1([C@@H](C(=O)O)N(C=O)c2ccc(C#CC#CCCO)cc2)CCS(=O)(=O)C1. The number of ether oxygens (including phenoxy) is 1. The Morgan fingerprint density at radius 2 is 2.03 bits per heavy atom. The van der Waals surface area contributed by atoms with Crippen molar-refractivity contribution < 1.29 is 33.0 Å². The molecule has 0 radical (unpaired) electrons. The van der Waals surface area contributed by atoms with Crippen LogP contribution in [-0.2, 0) is 24.2 Å². The van der Waals surface area contributed by atoms with E-state index in [1.165, 1.54) is 19.2 Å². The first-order valence-electron chi connectivity index (χ1n) is 8.70. The number of nitrogens with zero attached hydrogens (tertiary/aromatic N) is 1. The molecule has 0 bridgehead atoms. The highest BCUT2D eigenvalue weighted by Gasteiger charge is 2.54. The van der Waals surface area contributed by atoms with Crippen molar-refractivity contribution in [1.82, 2.24) is 0 Å². The zero-order valence-electron chi connectivity index (χ0n) is 15.8. The molecule has 2 atom stereocenters. The van der Waals surface area contributed by atoms with E-state index in [2.05, 4.69) is 23.7 Å². The minimum absolute atomic E-state index is 0.0246. The van der Waals surface area contributed by atoms with Gasteiger partial charge in [-0.2, -0.15) is 0 Å². The van der Waals surface area contributed by atoms with Crippen LogP contribution in [-0.4, -0.2) is 67.9 Å². The number of carboxylic acids is 1. The average molecular weight is 419 g/mol. The van der Waals surface area contributed by atoms with Crippen LogP contribution in [0.5, 0.6) is 0 Å². The summed E-state index contributed by atoms with van der Waals surface area (Å²) in [6.07, 6.45) is 0.657. The van der Waals surface area contributed by atoms with Crippen molar-refractivity contribution in [2.45, 2.75) is 24.5 Å². The molecule has 8 nitrogen and oxygen atoms in total. The van der Waals surface area contributed by atoms with Gasteiger partial charge in [-0.05, 0) is 42.5 Å². The zero-order valence-corrected chi connectivity index (χ0v) is 16.6. The highest BCUT2D eigenvalue weighted by atomic mass is 32.2. The lowest BCUT2D eigenvalue weighted by Crippen LogP contribution is -2.59. The fourth-order valence-electron chi connectivity index (χ4n) is 3.18. The Balaban J connectivity index is 2.34. The summed E-state index contributed by atoms with van der Waals surface area (Å²) < 4.78 is 29.3. The van der Waals surface area contributed by atoms with E-state index >= 15 is 0 Å². The van der Waals surface area contributed by atoms with Gasteiger partial charge in [0.1, 0.15) is 5.60 Å². The van der Waals surface area contributed by atoms with Gasteiger partial charge in [-0.3, -0.25) is 9.69 Å². The molecule has 0 saturated carbocycles. The molecule has 0 aromatic heterocycles. The summed E-state index contributed by atoms with van der Waals surface area (Å²) >= 11 is 0. The largest absolute Gasteiger partial charge is 0.480 e. The molecule has 1 fully saturated rings. The Kier molecular flexibility index (Phi) is 7.40. The summed E-state index contributed by atoms with van der Waals surface area (Å²) in [6.45, 7) is -0.0417. The van der Waals surface area contributed by atoms with Crippen LogP contribution in [0.3, 0.4) is 0 Å². The topological polar surface area (TPSA) is 121 Å². The molecule has 0 unspecified atom stereocenters. The van der Waals surface area contributed by atoms with E-state index < -0.39 is 33.2 Å². The van der Waals surface area contributed by atoms with Crippen molar-refractivity contribution in [1.29, 1.82) is 0 Å². The van der Waals surface area contributed by atoms with Crippen LogP contribution in [0.15, 0.2) is 24.3 Å². The predicted octanol–water partition coefficient (Wildman–Crippen LogP) is 0.0436. The van der Waals surface area contributed by atoms with E-state index in [0.29, 0.717) is 18.4 Å². The van der Waals surface area contributed by atoms with E-state index in [1.54, 1.807) is 12.1 Å². The van der Waals surface area contributed by atoms with Crippen LogP contribution in [0.4, 0.5) is 5.69 Å². The zero-order chi connectivity index (χ0) is 21.5. The third-order valence-corrected chi connectivity index (χ3v) is 6.35. The number of methoxy groups -OCH3 is 1. The van der Waals surface area contributed by atoms with Gasteiger partial charge in [0.2, 0.25) is 6.41 Å². The number of carbonyl (C=O) groups excluding carboxylic acids is 1. The summed E-state index contributed by atoms with van der Waals surface area (Å²) in [4.78, 5) is 24.7. The molecule has 29 heavy (non-hydrogen) atoms. The van der Waals surface area contributed by atoms with Gasteiger partial charge in [0, 0.05) is 24.8 Å². The Hall–Kier alpha value is -2.85. The minimum atomic E-state index is -3.47. The highest BCUT2D eigenvalue weighted by molar-refractivity contribution is 7.91. The summed E-state index contributed by atoms with van der Waals surface area (Å²) in [5.74, 6) is 8.62. The number of aliphatic hydroxyl groups excluding tert-OH is 1. The lowest BCUT2D eigenvalue weighted by atomic mass is 9.91. The van der Waals surface area contributed by atoms with Gasteiger partial charge in [-0.25, -0.2) is 13.2 Å². The fraction of sp³-hybridized carbons (Fsp3) is 0.400. The Morgan fingerprint density at radius 1 is 1.34 bits per heavy atom. The molecule has 1 heterocycles. The number of carbonyl (C=O) groups is 2. The molecular weight excluding hydrogens is 398 g/mol. The standard InChI is InChI=1S/C20H21NO7S/c1-28-20(11-13-29(26,27)14-20)18(19(24)25)21(15-23)17-9-7-16(8-10-17)6-4-2-3-5-12-22/h7-10,15,18,22H,5,11-14H2,1H3,(H,24,25)/t18-,20+/m1/s1. The molecular formula is C20H21NO7S. The number of rotatable bonds is 7. The molecule has 1 aliphatic heterocycles. The first kappa shape index (κ1) is 22.4. The van der Waals surface area contributed by atoms with E-state index in [-0.39, 0.29) is 24.5 Å². The van der Waals surface area contributed by atoms with E-state index in [1.807, 2.05) is 0 Å².